The fourth-order valence-corrected chi connectivity index (χ4v) is 4.44. The van der Waals surface area contributed by atoms with Crippen molar-refractivity contribution >= 4 is 5.91 Å². The maximum Gasteiger partial charge on any atom is 0.225 e. The highest BCUT2D eigenvalue weighted by atomic mass is 16.5. The minimum atomic E-state index is 0.208. The van der Waals surface area contributed by atoms with Crippen LogP contribution in [-0.4, -0.2) is 36.6 Å². The predicted octanol–water partition coefficient (Wildman–Crippen LogP) is 3.99. The molecular formula is C21H31NO2. The average molecular weight is 329 g/mol. The van der Waals surface area contributed by atoms with E-state index >= 15 is 0 Å². The van der Waals surface area contributed by atoms with Crippen molar-refractivity contribution in [1.82, 2.24) is 4.90 Å². The van der Waals surface area contributed by atoms with Gasteiger partial charge in [-0.3, -0.25) is 4.79 Å². The molecule has 1 aliphatic carbocycles. The molecule has 1 aliphatic heterocycles. The van der Waals surface area contributed by atoms with E-state index in [2.05, 4.69) is 36.1 Å². The monoisotopic (exact) mass is 329 g/mol. The van der Waals surface area contributed by atoms with Crippen LogP contribution in [0.1, 0.15) is 56.6 Å². The number of benzene rings is 1. The van der Waals surface area contributed by atoms with Crippen LogP contribution < -0.4 is 0 Å². The van der Waals surface area contributed by atoms with Crippen LogP contribution in [0.5, 0.6) is 0 Å². The average Bonchev–Trinajstić information content (AvgIpc) is 2.62. The SMILES string of the molecule is CCC1CCc2ccccc2CCN1C(=O)C1CCC(OC)CC1. The molecule has 3 rings (SSSR count). The minimum Gasteiger partial charge on any atom is -0.381 e. The van der Waals surface area contributed by atoms with Crippen molar-refractivity contribution in [3.05, 3.63) is 35.4 Å². The molecule has 0 N–H and O–H groups in total. The highest BCUT2D eigenvalue weighted by Gasteiger charge is 2.32. The molecular weight excluding hydrogens is 298 g/mol. The van der Waals surface area contributed by atoms with Gasteiger partial charge in [-0.05, 0) is 62.5 Å². The van der Waals surface area contributed by atoms with Gasteiger partial charge in [0.25, 0.3) is 0 Å². The standard InChI is InChI=1S/C21H31NO2/c1-3-19-11-8-16-6-4-5-7-17(16)14-15-22(19)21(23)18-9-12-20(24-2)13-10-18/h4-7,18-20H,3,8-15H2,1-2H3. The zero-order valence-corrected chi connectivity index (χ0v) is 15.2. The van der Waals surface area contributed by atoms with E-state index in [1.165, 1.54) is 11.1 Å². The van der Waals surface area contributed by atoms with Crippen LogP contribution in [-0.2, 0) is 22.4 Å². The van der Waals surface area contributed by atoms with Crippen LogP contribution in [0.2, 0.25) is 0 Å². The molecule has 1 heterocycles. The van der Waals surface area contributed by atoms with Gasteiger partial charge < -0.3 is 9.64 Å². The Morgan fingerprint density at radius 3 is 2.38 bits per heavy atom. The molecule has 3 heteroatoms. The summed E-state index contributed by atoms with van der Waals surface area (Å²) >= 11 is 0. The summed E-state index contributed by atoms with van der Waals surface area (Å²) in [5.74, 6) is 0.607. The van der Waals surface area contributed by atoms with Crippen molar-refractivity contribution in [2.75, 3.05) is 13.7 Å². The van der Waals surface area contributed by atoms with E-state index in [4.69, 9.17) is 4.74 Å². The molecule has 24 heavy (non-hydrogen) atoms. The number of amides is 1. The maximum atomic E-state index is 13.2. The first-order valence-electron chi connectivity index (χ1n) is 9.63. The van der Waals surface area contributed by atoms with Crippen molar-refractivity contribution < 1.29 is 9.53 Å². The van der Waals surface area contributed by atoms with Gasteiger partial charge in [0.15, 0.2) is 0 Å². The topological polar surface area (TPSA) is 29.5 Å². The highest BCUT2D eigenvalue weighted by molar-refractivity contribution is 5.79. The van der Waals surface area contributed by atoms with Crippen molar-refractivity contribution in [3.8, 4) is 0 Å². The molecule has 3 nitrogen and oxygen atoms in total. The lowest BCUT2D eigenvalue weighted by atomic mass is 9.85. The Bertz CT molecular complexity index is 549. The van der Waals surface area contributed by atoms with Gasteiger partial charge in [0, 0.05) is 25.6 Å². The van der Waals surface area contributed by atoms with Gasteiger partial charge in [-0.15, -0.1) is 0 Å². The molecule has 132 valence electrons. The van der Waals surface area contributed by atoms with Crippen molar-refractivity contribution in [2.24, 2.45) is 5.92 Å². The summed E-state index contributed by atoms with van der Waals surface area (Å²) in [5, 5.41) is 0. The third-order valence-electron chi connectivity index (χ3n) is 6.04. The molecule has 1 unspecified atom stereocenters. The summed E-state index contributed by atoms with van der Waals surface area (Å²) in [6, 6.07) is 9.14. The van der Waals surface area contributed by atoms with E-state index < -0.39 is 0 Å². The Morgan fingerprint density at radius 1 is 1.08 bits per heavy atom. The number of rotatable bonds is 3. The molecule has 1 fully saturated rings. The smallest absolute Gasteiger partial charge is 0.225 e. The molecule has 0 aromatic heterocycles. The van der Waals surface area contributed by atoms with E-state index in [-0.39, 0.29) is 5.92 Å². The lowest BCUT2D eigenvalue weighted by Gasteiger charge is -2.37. The summed E-state index contributed by atoms with van der Waals surface area (Å²) in [7, 11) is 1.79. The molecule has 0 saturated heterocycles. The van der Waals surface area contributed by atoms with Crippen LogP contribution >= 0.6 is 0 Å². The van der Waals surface area contributed by atoms with Gasteiger partial charge in [0.1, 0.15) is 0 Å². The second-order valence-electron chi connectivity index (χ2n) is 7.36. The van der Waals surface area contributed by atoms with E-state index in [0.29, 0.717) is 18.1 Å². The molecule has 1 amide bonds. The number of carbonyl (C=O) groups is 1. The van der Waals surface area contributed by atoms with Gasteiger partial charge in [-0.2, -0.15) is 0 Å². The Morgan fingerprint density at radius 2 is 1.75 bits per heavy atom. The molecule has 1 aromatic carbocycles. The number of hydrogen-bond acceptors (Lipinski definition) is 2. The molecule has 1 saturated carbocycles. The largest absolute Gasteiger partial charge is 0.381 e. The molecule has 2 aliphatic rings. The quantitative estimate of drug-likeness (QED) is 0.839. The zero-order chi connectivity index (χ0) is 16.9. The first-order chi connectivity index (χ1) is 11.7. The van der Waals surface area contributed by atoms with Crippen LogP contribution in [0.15, 0.2) is 24.3 Å². The summed E-state index contributed by atoms with van der Waals surface area (Å²) in [4.78, 5) is 15.4. The number of carbonyl (C=O) groups excluding carboxylic acids is 1. The number of aryl methyl sites for hydroxylation is 1. The lowest BCUT2D eigenvalue weighted by molar-refractivity contribution is -0.140. The predicted molar refractivity (Wildman–Crippen MR) is 97.0 cm³/mol. The number of ether oxygens (including phenoxy) is 1. The summed E-state index contributed by atoms with van der Waals surface area (Å²) in [5.41, 5.74) is 2.90. The number of hydrogen-bond donors (Lipinski definition) is 0. The minimum absolute atomic E-state index is 0.208. The van der Waals surface area contributed by atoms with Gasteiger partial charge in [0.2, 0.25) is 5.91 Å². The van der Waals surface area contributed by atoms with E-state index in [0.717, 1.165) is 57.9 Å². The third-order valence-corrected chi connectivity index (χ3v) is 6.04. The third kappa shape index (κ3) is 3.83. The fraction of sp³-hybridized carbons (Fsp3) is 0.667. The maximum absolute atomic E-state index is 13.2. The summed E-state index contributed by atoms with van der Waals surface area (Å²) < 4.78 is 5.46. The van der Waals surface area contributed by atoms with Crippen LogP contribution in [0, 0.1) is 5.92 Å². The van der Waals surface area contributed by atoms with E-state index in [1.807, 2.05) is 0 Å². The first-order valence-corrected chi connectivity index (χ1v) is 9.63. The Hall–Kier alpha value is -1.35. The van der Waals surface area contributed by atoms with Crippen LogP contribution in [0.25, 0.3) is 0 Å². The number of methoxy groups -OCH3 is 1. The van der Waals surface area contributed by atoms with Crippen molar-refractivity contribution in [3.63, 3.8) is 0 Å². The zero-order valence-electron chi connectivity index (χ0n) is 15.2. The number of nitrogens with zero attached hydrogens (tertiary/aromatic N) is 1. The Labute approximate surface area is 146 Å². The summed E-state index contributed by atoms with van der Waals surface area (Å²) in [6.07, 6.45) is 8.62. The first kappa shape index (κ1) is 17.5. The second-order valence-corrected chi connectivity index (χ2v) is 7.36. The molecule has 1 aromatic rings. The van der Waals surface area contributed by atoms with Crippen molar-refractivity contribution in [2.45, 2.75) is 70.4 Å². The molecule has 0 radical (unpaired) electrons. The summed E-state index contributed by atoms with van der Waals surface area (Å²) in [6.45, 7) is 3.10. The van der Waals surface area contributed by atoms with E-state index in [9.17, 15) is 4.79 Å². The molecule has 0 bridgehead atoms. The van der Waals surface area contributed by atoms with Gasteiger partial charge in [-0.25, -0.2) is 0 Å². The van der Waals surface area contributed by atoms with Crippen LogP contribution in [0.4, 0.5) is 0 Å². The fourth-order valence-electron chi connectivity index (χ4n) is 4.44. The van der Waals surface area contributed by atoms with Crippen LogP contribution in [0.3, 0.4) is 0 Å². The highest BCUT2D eigenvalue weighted by Crippen LogP contribution is 2.30. The van der Waals surface area contributed by atoms with Gasteiger partial charge >= 0.3 is 0 Å². The Kier molecular flexibility index (Phi) is 5.94. The van der Waals surface area contributed by atoms with Gasteiger partial charge in [0.05, 0.1) is 6.10 Å². The number of fused-ring (bicyclic) bond motifs is 1. The lowest BCUT2D eigenvalue weighted by Crippen LogP contribution is -2.46. The van der Waals surface area contributed by atoms with Gasteiger partial charge in [-0.1, -0.05) is 31.2 Å². The normalized spacial score (nSPS) is 27.9. The molecule has 0 spiro atoms. The Balaban J connectivity index is 1.70. The van der Waals surface area contributed by atoms with Crippen molar-refractivity contribution in [1.29, 1.82) is 0 Å². The van der Waals surface area contributed by atoms with E-state index in [1.54, 1.807) is 7.11 Å². The molecule has 1 atom stereocenters. The second kappa shape index (κ2) is 8.15.